The van der Waals surface area contributed by atoms with Gasteiger partial charge in [-0.15, -0.1) is 0 Å². The normalized spacial score (nSPS) is 6.44. The minimum atomic E-state index is -0.0625. The van der Waals surface area contributed by atoms with Crippen LogP contribution in [0.2, 0.25) is 0 Å². The molecule has 0 aliphatic heterocycles. The van der Waals surface area contributed by atoms with Gasteiger partial charge in [-0.3, -0.25) is 9.59 Å². The van der Waals surface area contributed by atoms with Gasteiger partial charge in [0.25, 0.3) is 0 Å². The van der Waals surface area contributed by atoms with Crippen molar-refractivity contribution >= 4 is 11.6 Å². The van der Waals surface area contributed by atoms with Gasteiger partial charge in [0.15, 0.2) is 0 Å². The summed E-state index contributed by atoms with van der Waals surface area (Å²) in [6, 6.07) is 0. The van der Waals surface area contributed by atoms with Crippen LogP contribution in [0.1, 0.15) is 20.3 Å². The van der Waals surface area contributed by atoms with Crippen LogP contribution < -0.4 is 0 Å². The van der Waals surface area contributed by atoms with E-state index in [2.05, 4.69) is 0 Å². The van der Waals surface area contributed by atoms with Crippen molar-refractivity contribution in [3.05, 3.63) is 0 Å². The van der Waals surface area contributed by atoms with Gasteiger partial charge < -0.3 is 5.48 Å². The molecular formula is C5H10MoO3. The SMILES string of the molecule is CC(=O)CC(C)=O.O.[Mo]. The van der Waals surface area contributed by atoms with Gasteiger partial charge in [-0.2, -0.15) is 0 Å². The van der Waals surface area contributed by atoms with E-state index in [4.69, 9.17) is 0 Å². The molecule has 2 N–H and O–H groups in total. The number of Topliss-reactive ketones (excluding diaryl/α,β-unsaturated/α-hetero) is 2. The van der Waals surface area contributed by atoms with Crippen molar-refractivity contribution in [3.63, 3.8) is 0 Å². The first kappa shape index (κ1) is 16.0. The van der Waals surface area contributed by atoms with E-state index in [1.165, 1.54) is 13.8 Å². The summed E-state index contributed by atoms with van der Waals surface area (Å²) < 4.78 is 0. The molecule has 0 saturated carbocycles. The summed E-state index contributed by atoms with van der Waals surface area (Å²) in [6.07, 6.45) is 0.0833. The van der Waals surface area contributed by atoms with E-state index in [1.807, 2.05) is 0 Å². The van der Waals surface area contributed by atoms with Crippen molar-refractivity contribution in [3.8, 4) is 0 Å². The van der Waals surface area contributed by atoms with E-state index in [0.29, 0.717) is 0 Å². The van der Waals surface area contributed by atoms with Gasteiger partial charge in [0.2, 0.25) is 0 Å². The first-order valence-electron chi connectivity index (χ1n) is 2.12. The van der Waals surface area contributed by atoms with Crippen molar-refractivity contribution in [2.75, 3.05) is 0 Å². The Morgan fingerprint density at radius 2 is 1.33 bits per heavy atom. The Hall–Kier alpha value is -0.0117. The minimum absolute atomic E-state index is 0. The molecule has 3 nitrogen and oxygen atoms in total. The first-order valence-corrected chi connectivity index (χ1v) is 2.12. The van der Waals surface area contributed by atoms with Gasteiger partial charge in [0, 0.05) is 21.1 Å². The molecule has 0 radical (unpaired) electrons. The smallest absolute Gasteiger partial charge is 0.137 e. The molecule has 0 aliphatic carbocycles. The van der Waals surface area contributed by atoms with Crippen molar-refractivity contribution in [2.45, 2.75) is 20.3 Å². The second kappa shape index (κ2) is 7.99. The molecular weight excluding hydrogens is 204 g/mol. The predicted molar refractivity (Wildman–Crippen MR) is 29.6 cm³/mol. The van der Waals surface area contributed by atoms with Crippen LogP contribution in [0.4, 0.5) is 0 Å². The van der Waals surface area contributed by atoms with Crippen molar-refractivity contribution < 1.29 is 36.1 Å². The third-order valence-corrected chi connectivity index (χ3v) is 0.498. The van der Waals surface area contributed by atoms with Crippen LogP contribution in [-0.4, -0.2) is 17.0 Å². The zero-order chi connectivity index (χ0) is 5.86. The van der Waals surface area contributed by atoms with Crippen molar-refractivity contribution in [2.24, 2.45) is 0 Å². The minimum Gasteiger partial charge on any atom is -0.412 e. The molecule has 0 aromatic carbocycles. The van der Waals surface area contributed by atoms with Crippen LogP contribution in [0.15, 0.2) is 0 Å². The second-order valence-corrected chi connectivity index (χ2v) is 1.58. The van der Waals surface area contributed by atoms with E-state index in [1.54, 1.807) is 0 Å². The molecule has 0 saturated heterocycles. The molecule has 9 heavy (non-hydrogen) atoms. The zero-order valence-corrected chi connectivity index (χ0v) is 7.44. The first-order chi connectivity index (χ1) is 3.13. The van der Waals surface area contributed by atoms with Crippen LogP contribution in [0, 0.1) is 0 Å². The Morgan fingerprint density at radius 1 is 1.11 bits per heavy atom. The van der Waals surface area contributed by atoms with Crippen LogP contribution in [-0.2, 0) is 30.7 Å². The van der Waals surface area contributed by atoms with E-state index in [9.17, 15) is 9.59 Å². The van der Waals surface area contributed by atoms with E-state index in [-0.39, 0.29) is 44.5 Å². The van der Waals surface area contributed by atoms with Gasteiger partial charge >= 0.3 is 0 Å². The summed E-state index contributed by atoms with van der Waals surface area (Å²) in [5.74, 6) is -0.125. The quantitative estimate of drug-likeness (QED) is 0.469. The van der Waals surface area contributed by atoms with Gasteiger partial charge in [-0.1, -0.05) is 0 Å². The summed E-state index contributed by atoms with van der Waals surface area (Å²) in [4.78, 5) is 20.1. The maximum Gasteiger partial charge on any atom is 0.137 e. The van der Waals surface area contributed by atoms with Crippen molar-refractivity contribution in [1.82, 2.24) is 0 Å². The van der Waals surface area contributed by atoms with Crippen LogP contribution in [0.25, 0.3) is 0 Å². The number of hydrogen-bond acceptors (Lipinski definition) is 2. The number of carbonyl (C=O) groups excluding carboxylic acids is 2. The summed E-state index contributed by atoms with van der Waals surface area (Å²) in [6.45, 7) is 2.81. The van der Waals surface area contributed by atoms with Gasteiger partial charge in [-0.05, 0) is 13.8 Å². The topological polar surface area (TPSA) is 65.6 Å². The Bertz CT molecular complexity index is 88.4. The fourth-order valence-electron chi connectivity index (χ4n) is 0.351. The number of carbonyl (C=O) groups is 2. The summed E-state index contributed by atoms with van der Waals surface area (Å²) in [5.41, 5.74) is 0. The molecule has 0 spiro atoms. The third kappa shape index (κ3) is 18.0. The zero-order valence-electron chi connectivity index (χ0n) is 5.43. The molecule has 4 heteroatoms. The van der Waals surface area contributed by atoms with Gasteiger partial charge in [-0.25, -0.2) is 0 Å². The maximum absolute atomic E-state index is 10.0. The van der Waals surface area contributed by atoms with E-state index in [0.717, 1.165) is 0 Å². The van der Waals surface area contributed by atoms with Gasteiger partial charge in [0.05, 0.1) is 6.42 Å². The Kier molecular flexibility index (Phi) is 14.2. The molecule has 0 aromatic rings. The number of hydrogen-bond donors (Lipinski definition) is 0. The average molecular weight is 214 g/mol. The fourth-order valence-corrected chi connectivity index (χ4v) is 0.351. The number of rotatable bonds is 2. The monoisotopic (exact) mass is 216 g/mol. The molecule has 54 valence electrons. The second-order valence-electron chi connectivity index (χ2n) is 1.58. The molecule has 0 unspecified atom stereocenters. The van der Waals surface area contributed by atoms with Crippen LogP contribution in [0.5, 0.6) is 0 Å². The summed E-state index contributed by atoms with van der Waals surface area (Å²) >= 11 is 0. The van der Waals surface area contributed by atoms with E-state index >= 15 is 0 Å². The van der Waals surface area contributed by atoms with Crippen LogP contribution in [0.3, 0.4) is 0 Å². The third-order valence-electron chi connectivity index (χ3n) is 0.498. The summed E-state index contributed by atoms with van der Waals surface area (Å²) in [5, 5.41) is 0. The largest absolute Gasteiger partial charge is 0.412 e. The summed E-state index contributed by atoms with van der Waals surface area (Å²) in [7, 11) is 0. The Labute approximate surface area is 68.4 Å². The predicted octanol–water partition coefficient (Wildman–Crippen LogP) is -0.273. The molecule has 0 atom stereocenters. The fraction of sp³-hybridized carbons (Fsp3) is 0.600. The van der Waals surface area contributed by atoms with Crippen molar-refractivity contribution in [1.29, 1.82) is 0 Å². The van der Waals surface area contributed by atoms with Crippen LogP contribution >= 0.6 is 0 Å². The standard InChI is InChI=1S/C5H8O2.Mo.H2O/c1-4(6)3-5(2)7;;/h3H2,1-2H3;;1H2. The Balaban J connectivity index is -0.000000180. The molecule has 0 aliphatic rings. The maximum atomic E-state index is 10.0. The molecule has 0 amide bonds. The molecule has 0 heterocycles. The van der Waals surface area contributed by atoms with Gasteiger partial charge in [0.1, 0.15) is 11.6 Å². The Morgan fingerprint density at radius 3 is 1.33 bits per heavy atom. The molecule has 0 aromatic heterocycles. The average Bonchev–Trinajstić information content (AvgIpc) is 1.27. The molecule has 0 fully saturated rings. The number of ketones is 2. The molecule has 0 rings (SSSR count). The van der Waals surface area contributed by atoms with E-state index < -0.39 is 0 Å². The molecule has 0 bridgehead atoms.